The number of thiophene rings is 1. The molecule has 3 heteroatoms. The fourth-order valence-corrected chi connectivity index (χ4v) is 3.22. The first-order valence-corrected chi connectivity index (χ1v) is 6.71. The Morgan fingerprint density at radius 1 is 1.62 bits per heavy atom. The number of hydrogen-bond donors (Lipinski definition) is 1. The predicted molar refractivity (Wildman–Crippen MR) is 67.3 cm³/mol. The van der Waals surface area contributed by atoms with E-state index in [0.29, 0.717) is 11.5 Å². The maximum Gasteiger partial charge on any atom is 0.100 e. The third-order valence-corrected chi connectivity index (χ3v) is 4.50. The fourth-order valence-electron chi connectivity index (χ4n) is 2.46. The molecule has 0 bridgehead atoms. The molecular weight excluding hydrogens is 216 g/mol. The van der Waals surface area contributed by atoms with Crippen LogP contribution in [0.25, 0.3) is 0 Å². The zero-order valence-corrected chi connectivity index (χ0v) is 10.7. The highest BCUT2D eigenvalue weighted by atomic mass is 32.1. The SMILES string of the molecule is CC1(C)CCCC1NCc1cc(C#N)cs1. The first-order chi connectivity index (χ1) is 7.62. The van der Waals surface area contributed by atoms with Gasteiger partial charge in [0.25, 0.3) is 0 Å². The summed E-state index contributed by atoms with van der Waals surface area (Å²) in [5.74, 6) is 0. The lowest BCUT2D eigenvalue weighted by molar-refractivity contribution is 0.283. The number of nitrogens with zero attached hydrogens (tertiary/aromatic N) is 1. The number of rotatable bonds is 3. The summed E-state index contributed by atoms with van der Waals surface area (Å²) in [6, 6.07) is 4.79. The molecule has 1 unspecified atom stereocenters. The molecule has 1 atom stereocenters. The van der Waals surface area contributed by atoms with Gasteiger partial charge in [-0.3, -0.25) is 0 Å². The number of nitriles is 1. The van der Waals surface area contributed by atoms with Crippen molar-refractivity contribution in [3.63, 3.8) is 0 Å². The molecule has 1 aromatic rings. The van der Waals surface area contributed by atoms with Crippen molar-refractivity contribution in [2.45, 2.75) is 45.7 Å². The van der Waals surface area contributed by atoms with E-state index < -0.39 is 0 Å². The molecule has 0 aliphatic heterocycles. The van der Waals surface area contributed by atoms with Gasteiger partial charge in [0.1, 0.15) is 6.07 Å². The topological polar surface area (TPSA) is 35.8 Å². The van der Waals surface area contributed by atoms with Crippen molar-refractivity contribution in [2.75, 3.05) is 0 Å². The summed E-state index contributed by atoms with van der Waals surface area (Å²) in [6.07, 6.45) is 3.93. The molecule has 1 N–H and O–H groups in total. The van der Waals surface area contributed by atoms with Crippen LogP contribution in [0.5, 0.6) is 0 Å². The van der Waals surface area contributed by atoms with E-state index in [-0.39, 0.29) is 0 Å². The van der Waals surface area contributed by atoms with Gasteiger partial charge in [-0.15, -0.1) is 11.3 Å². The lowest BCUT2D eigenvalue weighted by atomic mass is 9.87. The highest BCUT2D eigenvalue weighted by molar-refractivity contribution is 7.10. The van der Waals surface area contributed by atoms with E-state index in [0.717, 1.165) is 12.1 Å². The molecule has 1 aliphatic rings. The Balaban J connectivity index is 1.90. The van der Waals surface area contributed by atoms with Gasteiger partial charge in [-0.25, -0.2) is 0 Å². The van der Waals surface area contributed by atoms with E-state index in [2.05, 4.69) is 25.2 Å². The molecule has 2 rings (SSSR count). The third kappa shape index (κ3) is 2.45. The Labute approximate surface area is 101 Å². The maximum atomic E-state index is 8.75. The average Bonchev–Trinajstić information content (AvgIpc) is 2.81. The first-order valence-electron chi connectivity index (χ1n) is 5.83. The molecule has 86 valence electrons. The second-order valence-corrected chi connectivity index (χ2v) is 6.22. The Bertz CT molecular complexity index is 400. The summed E-state index contributed by atoms with van der Waals surface area (Å²) in [5.41, 5.74) is 1.21. The number of nitrogens with one attached hydrogen (secondary N) is 1. The van der Waals surface area contributed by atoms with Gasteiger partial charge in [0.2, 0.25) is 0 Å². The lowest BCUT2D eigenvalue weighted by Gasteiger charge is -2.27. The molecule has 0 aromatic carbocycles. The maximum absolute atomic E-state index is 8.75. The van der Waals surface area contributed by atoms with Crippen LogP contribution in [0.2, 0.25) is 0 Å². The molecule has 0 radical (unpaired) electrons. The molecule has 1 fully saturated rings. The van der Waals surface area contributed by atoms with Crippen molar-refractivity contribution in [2.24, 2.45) is 5.41 Å². The first kappa shape index (κ1) is 11.6. The van der Waals surface area contributed by atoms with Crippen molar-refractivity contribution < 1.29 is 0 Å². The van der Waals surface area contributed by atoms with E-state index in [9.17, 15) is 0 Å². The van der Waals surface area contributed by atoms with Gasteiger partial charge in [0.05, 0.1) is 5.56 Å². The van der Waals surface area contributed by atoms with E-state index >= 15 is 0 Å². The van der Waals surface area contributed by atoms with Crippen LogP contribution in [0.1, 0.15) is 43.6 Å². The van der Waals surface area contributed by atoms with Crippen molar-refractivity contribution in [3.05, 3.63) is 21.9 Å². The van der Waals surface area contributed by atoms with Gasteiger partial charge in [0.15, 0.2) is 0 Å². The summed E-state index contributed by atoms with van der Waals surface area (Å²) in [7, 11) is 0. The molecular formula is C13H18N2S. The quantitative estimate of drug-likeness (QED) is 0.871. The molecule has 1 heterocycles. The highest BCUT2D eigenvalue weighted by Crippen LogP contribution is 2.37. The van der Waals surface area contributed by atoms with Gasteiger partial charge < -0.3 is 5.32 Å². The van der Waals surface area contributed by atoms with Crippen molar-refractivity contribution >= 4 is 11.3 Å². The second-order valence-electron chi connectivity index (χ2n) is 5.23. The monoisotopic (exact) mass is 234 g/mol. The molecule has 1 aromatic heterocycles. The molecule has 1 saturated carbocycles. The summed E-state index contributed by atoms with van der Waals surface area (Å²) in [6.45, 7) is 5.58. The van der Waals surface area contributed by atoms with Crippen LogP contribution in [0, 0.1) is 16.7 Å². The van der Waals surface area contributed by atoms with E-state index in [1.54, 1.807) is 11.3 Å². The zero-order valence-electron chi connectivity index (χ0n) is 9.92. The largest absolute Gasteiger partial charge is 0.309 e. The van der Waals surface area contributed by atoms with E-state index in [1.165, 1.54) is 24.1 Å². The lowest BCUT2D eigenvalue weighted by Crippen LogP contribution is -2.36. The summed E-state index contributed by atoms with van der Waals surface area (Å²) < 4.78 is 0. The molecule has 0 amide bonds. The Kier molecular flexibility index (Phi) is 3.32. The predicted octanol–water partition coefficient (Wildman–Crippen LogP) is 3.29. The smallest absolute Gasteiger partial charge is 0.100 e. The van der Waals surface area contributed by atoms with Gasteiger partial charge in [-0.2, -0.15) is 5.26 Å². The van der Waals surface area contributed by atoms with Crippen molar-refractivity contribution in [1.29, 1.82) is 5.26 Å². The second kappa shape index (κ2) is 4.57. The van der Waals surface area contributed by atoms with Crippen molar-refractivity contribution in [1.82, 2.24) is 5.32 Å². The minimum atomic E-state index is 0.426. The summed E-state index contributed by atoms with van der Waals surface area (Å²) in [4.78, 5) is 1.26. The van der Waals surface area contributed by atoms with Gasteiger partial charge in [-0.05, 0) is 24.3 Å². The zero-order chi connectivity index (χ0) is 11.6. The van der Waals surface area contributed by atoms with Crippen LogP contribution < -0.4 is 5.32 Å². The van der Waals surface area contributed by atoms with E-state index in [4.69, 9.17) is 5.26 Å². The molecule has 2 nitrogen and oxygen atoms in total. The fraction of sp³-hybridized carbons (Fsp3) is 0.615. The van der Waals surface area contributed by atoms with Gasteiger partial charge in [0, 0.05) is 22.8 Å². The van der Waals surface area contributed by atoms with Gasteiger partial charge in [-0.1, -0.05) is 20.3 Å². The third-order valence-electron chi connectivity index (χ3n) is 3.56. The van der Waals surface area contributed by atoms with Crippen LogP contribution in [-0.2, 0) is 6.54 Å². The highest BCUT2D eigenvalue weighted by Gasteiger charge is 2.33. The summed E-state index contributed by atoms with van der Waals surface area (Å²) in [5, 5.41) is 14.3. The minimum Gasteiger partial charge on any atom is -0.309 e. The molecule has 1 aliphatic carbocycles. The van der Waals surface area contributed by atoms with Crippen LogP contribution in [0.15, 0.2) is 11.4 Å². The van der Waals surface area contributed by atoms with Crippen LogP contribution in [0.3, 0.4) is 0 Å². The number of hydrogen-bond acceptors (Lipinski definition) is 3. The minimum absolute atomic E-state index is 0.426. The normalized spacial score (nSPS) is 23.2. The Hall–Kier alpha value is -0.850. The molecule has 0 spiro atoms. The van der Waals surface area contributed by atoms with Crippen LogP contribution in [0.4, 0.5) is 0 Å². The average molecular weight is 234 g/mol. The Morgan fingerprint density at radius 2 is 2.44 bits per heavy atom. The molecule has 16 heavy (non-hydrogen) atoms. The standard InChI is InChI=1S/C13H18N2S/c1-13(2)5-3-4-12(13)15-8-11-6-10(7-14)9-16-11/h6,9,12,15H,3-5,8H2,1-2H3. The van der Waals surface area contributed by atoms with Crippen molar-refractivity contribution in [3.8, 4) is 6.07 Å². The van der Waals surface area contributed by atoms with E-state index in [1.807, 2.05) is 11.4 Å². The Morgan fingerprint density at radius 3 is 3.00 bits per heavy atom. The van der Waals surface area contributed by atoms with Crippen LogP contribution >= 0.6 is 11.3 Å². The molecule has 0 saturated heterocycles. The van der Waals surface area contributed by atoms with Gasteiger partial charge >= 0.3 is 0 Å². The summed E-state index contributed by atoms with van der Waals surface area (Å²) >= 11 is 1.67. The van der Waals surface area contributed by atoms with Crippen LogP contribution in [-0.4, -0.2) is 6.04 Å².